The lowest BCUT2D eigenvalue weighted by atomic mass is 10.1. The van der Waals surface area contributed by atoms with Gasteiger partial charge < -0.3 is 19.9 Å². The summed E-state index contributed by atoms with van der Waals surface area (Å²) in [6, 6.07) is 6.62. The number of aryl methyl sites for hydroxylation is 1. The van der Waals surface area contributed by atoms with Gasteiger partial charge in [-0.2, -0.15) is 0 Å². The van der Waals surface area contributed by atoms with Crippen molar-refractivity contribution in [3.05, 3.63) is 29.3 Å². The van der Waals surface area contributed by atoms with Crippen molar-refractivity contribution in [1.82, 2.24) is 15.1 Å². The molecule has 0 radical (unpaired) electrons. The van der Waals surface area contributed by atoms with Crippen molar-refractivity contribution in [3.8, 4) is 0 Å². The second-order valence-corrected chi connectivity index (χ2v) is 7.74. The Morgan fingerprint density at radius 3 is 2.54 bits per heavy atom. The van der Waals surface area contributed by atoms with Crippen LogP contribution in [-0.4, -0.2) is 87.9 Å². The number of piperazine rings is 1. The Kier molecular flexibility index (Phi) is 7.98. The predicted molar refractivity (Wildman–Crippen MR) is 118 cm³/mol. The molecule has 6 heteroatoms. The molecule has 0 amide bonds. The minimum atomic E-state index is 0.872. The Bertz CT molecular complexity index is 634. The number of aliphatic imine (C=N–C) groups is 1. The number of guanidine groups is 1. The second-order valence-electron chi connectivity index (χ2n) is 7.74. The van der Waals surface area contributed by atoms with E-state index in [9.17, 15) is 0 Å². The van der Waals surface area contributed by atoms with E-state index in [1.54, 1.807) is 0 Å². The van der Waals surface area contributed by atoms with E-state index in [1.807, 2.05) is 0 Å². The number of hydrogen-bond donors (Lipinski definition) is 1. The van der Waals surface area contributed by atoms with Crippen molar-refractivity contribution < 1.29 is 4.74 Å². The summed E-state index contributed by atoms with van der Waals surface area (Å²) in [4.78, 5) is 12.3. The molecule has 156 valence electrons. The van der Waals surface area contributed by atoms with Gasteiger partial charge in [-0.3, -0.25) is 9.89 Å². The molecule has 0 spiro atoms. The molecule has 2 aliphatic heterocycles. The number of rotatable bonds is 6. The molecular weight excluding hydrogens is 350 g/mol. The van der Waals surface area contributed by atoms with Gasteiger partial charge in [0.2, 0.25) is 0 Å². The topological polar surface area (TPSA) is 43.3 Å². The van der Waals surface area contributed by atoms with Crippen LogP contribution in [0.2, 0.25) is 0 Å². The van der Waals surface area contributed by atoms with E-state index < -0.39 is 0 Å². The molecule has 0 atom stereocenters. The summed E-state index contributed by atoms with van der Waals surface area (Å²) in [6.45, 7) is 17.5. The molecule has 6 nitrogen and oxygen atoms in total. The van der Waals surface area contributed by atoms with E-state index in [4.69, 9.17) is 9.73 Å². The Balaban J connectivity index is 1.50. The first-order valence-corrected chi connectivity index (χ1v) is 10.8. The molecule has 1 aromatic rings. The molecule has 3 rings (SSSR count). The van der Waals surface area contributed by atoms with Crippen molar-refractivity contribution in [2.75, 3.05) is 77.0 Å². The summed E-state index contributed by atoms with van der Waals surface area (Å²) >= 11 is 0. The first-order chi connectivity index (χ1) is 13.7. The fraction of sp³-hybridized carbons (Fsp3) is 0.682. The zero-order chi connectivity index (χ0) is 19.8. The molecule has 0 bridgehead atoms. The van der Waals surface area contributed by atoms with Crippen molar-refractivity contribution in [1.29, 1.82) is 0 Å². The van der Waals surface area contributed by atoms with Crippen molar-refractivity contribution in [2.45, 2.75) is 27.2 Å². The summed E-state index contributed by atoms with van der Waals surface area (Å²) in [5, 5.41) is 3.49. The summed E-state index contributed by atoms with van der Waals surface area (Å²) in [6.07, 6.45) is 1.11. The molecule has 28 heavy (non-hydrogen) atoms. The smallest absolute Gasteiger partial charge is 0.194 e. The fourth-order valence-corrected chi connectivity index (χ4v) is 3.97. The maximum Gasteiger partial charge on any atom is 0.194 e. The number of nitrogens with zero attached hydrogens (tertiary/aromatic N) is 4. The highest BCUT2D eigenvalue weighted by Gasteiger charge is 2.21. The summed E-state index contributed by atoms with van der Waals surface area (Å²) < 4.78 is 5.42. The third kappa shape index (κ3) is 5.61. The molecule has 2 fully saturated rings. The maximum atomic E-state index is 5.42. The molecule has 2 heterocycles. The molecule has 0 aliphatic carbocycles. The standard InChI is InChI=1S/C22H37N5O/c1-4-23-22(24-9-6-10-25-15-17-28-18-16-25)27-13-11-26(12-14-27)21-8-5-7-19(2)20(21)3/h5,7-8H,4,6,9-18H2,1-3H3,(H,23,24). The average molecular weight is 388 g/mol. The van der Waals surface area contributed by atoms with Crippen LogP contribution >= 0.6 is 0 Å². The lowest BCUT2D eigenvalue weighted by Crippen LogP contribution is -2.52. The molecule has 0 unspecified atom stereocenters. The maximum absolute atomic E-state index is 5.42. The number of ether oxygens (including phenoxy) is 1. The summed E-state index contributed by atoms with van der Waals surface area (Å²) in [7, 11) is 0. The minimum Gasteiger partial charge on any atom is -0.379 e. The number of hydrogen-bond acceptors (Lipinski definition) is 4. The zero-order valence-electron chi connectivity index (χ0n) is 17.9. The second kappa shape index (κ2) is 10.7. The Labute approximate surface area is 170 Å². The Morgan fingerprint density at radius 1 is 1.07 bits per heavy atom. The number of benzene rings is 1. The number of morpholine rings is 1. The van der Waals surface area contributed by atoms with Crippen LogP contribution in [0.3, 0.4) is 0 Å². The Morgan fingerprint density at radius 2 is 1.82 bits per heavy atom. The minimum absolute atomic E-state index is 0.872. The lowest BCUT2D eigenvalue weighted by molar-refractivity contribution is 0.0377. The van der Waals surface area contributed by atoms with Gasteiger partial charge in [0, 0.05) is 64.6 Å². The number of anilines is 1. The van der Waals surface area contributed by atoms with Crippen molar-refractivity contribution >= 4 is 11.6 Å². The van der Waals surface area contributed by atoms with Crippen LogP contribution in [0.25, 0.3) is 0 Å². The molecular formula is C22H37N5O. The predicted octanol–water partition coefficient (Wildman–Crippen LogP) is 2.11. The molecule has 2 saturated heterocycles. The van der Waals surface area contributed by atoms with Crippen LogP contribution in [-0.2, 0) is 4.74 Å². The molecule has 1 N–H and O–H groups in total. The normalized spacial score (nSPS) is 19.2. The highest BCUT2D eigenvalue weighted by molar-refractivity contribution is 5.80. The van der Waals surface area contributed by atoms with Gasteiger partial charge in [0.25, 0.3) is 0 Å². The largest absolute Gasteiger partial charge is 0.379 e. The van der Waals surface area contributed by atoms with E-state index in [2.05, 4.69) is 59.0 Å². The summed E-state index contributed by atoms with van der Waals surface area (Å²) in [5.74, 6) is 1.07. The van der Waals surface area contributed by atoms with E-state index in [1.165, 1.54) is 16.8 Å². The van der Waals surface area contributed by atoms with Gasteiger partial charge in [-0.1, -0.05) is 12.1 Å². The highest BCUT2D eigenvalue weighted by atomic mass is 16.5. The average Bonchev–Trinajstić information content (AvgIpc) is 2.73. The first kappa shape index (κ1) is 20.9. The first-order valence-electron chi connectivity index (χ1n) is 10.8. The highest BCUT2D eigenvalue weighted by Crippen LogP contribution is 2.23. The van der Waals surface area contributed by atoms with Gasteiger partial charge in [0.05, 0.1) is 13.2 Å². The van der Waals surface area contributed by atoms with E-state index in [0.29, 0.717) is 0 Å². The van der Waals surface area contributed by atoms with Crippen LogP contribution < -0.4 is 10.2 Å². The lowest BCUT2D eigenvalue weighted by Gasteiger charge is -2.38. The molecule has 0 saturated carbocycles. The molecule has 2 aliphatic rings. The zero-order valence-corrected chi connectivity index (χ0v) is 17.9. The van der Waals surface area contributed by atoms with E-state index >= 15 is 0 Å². The molecule has 1 aromatic carbocycles. The quantitative estimate of drug-likeness (QED) is 0.460. The van der Waals surface area contributed by atoms with Crippen molar-refractivity contribution in [3.63, 3.8) is 0 Å². The molecule has 0 aromatic heterocycles. The van der Waals surface area contributed by atoms with Crippen LogP contribution in [0.5, 0.6) is 0 Å². The SMILES string of the molecule is CCNC(=NCCCN1CCOCC1)N1CCN(c2cccc(C)c2C)CC1. The van der Waals surface area contributed by atoms with Crippen LogP contribution in [0.15, 0.2) is 23.2 Å². The van der Waals surface area contributed by atoms with Gasteiger partial charge in [-0.15, -0.1) is 0 Å². The van der Waals surface area contributed by atoms with Gasteiger partial charge in [0.15, 0.2) is 5.96 Å². The fourth-order valence-electron chi connectivity index (χ4n) is 3.97. The van der Waals surface area contributed by atoms with Crippen LogP contribution in [0.4, 0.5) is 5.69 Å². The third-order valence-electron chi connectivity index (χ3n) is 5.83. The van der Waals surface area contributed by atoms with Crippen molar-refractivity contribution in [2.24, 2.45) is 4.99 Å². The van der Waals surface area contributed by atoms with E-state index in [0.717, 1.165) is 84.5 Å². The van der Waals surface area contributed by atoms with E-state index in [-0.39, 0.29) is 0 Å². The van der Waals surface area contributed by atoms with Crippen LogP contribution in [0.1, 0.15) is 24.5 Å². The Hall–Kier alpha value is -1.79. The van der Waals surface area contributed by atoms with Gasteiger partial charge in [-0.05, 0) is 44.4 Å². The third-order valence-corrected chi connectivity index (χ3v) is 5.83. The summed E-state index contributed by atoms with van der Waals surface area (Å²) in [5.41, 5.74) is 4.15. The van der Waals surface area contributed by atoms with Gasteiger partial charge in [0.1, 0.15) is 0 Å². The monoisotopic (exact) mass is 387 g/mol. The van der Waals surface area contributed by atoms with Crippen LogP contribution in [0, 0.1) is 13.8 Å². The van der Waals surface area contributed by atoms with Gasteiger partial charge >= 0.3 is 0 Å². The van der Waals surface area contributed by atoms with Gasteiger partial charge in [-0.25, -0.2) is 0 Å². The number of nitrogens with one attached hydrogen (secondary N) is 1.